The van der Waals surface area contributed by atoms with Gasteiger partial charge in [0.25, 0.3) is 0 Å². The lowest BCUT2D eigenvalue weighted by molar-refractivity contribution is 0.643. The van der Waals surface area contributed by atoms with E-state index < -0.39 is 0 Å². The molecule has 1 aliphatic rings. The van der Waals surface area contributed by atoms with Crippen molar-refractivity contribution in [2.75, 3.05) is 6.54 Å². The topological polar surface area (TPSA) is 37.8 Å². The summed E-state index contributed by atoms with van der Waals surface area (Å²) in [6.07, 6.45) is 4.65. The molecular weight excluding hydrogens is 158 g/mol. The summed E-state index contributed by atoms with van der Waals surface area (Å²) in [6, 6.07) is 0. The van der Waals surface area contributed by atoms with E-state index in [2.05, 4.69) is 14.9 Å². The fourth-order valence-electron chi connectivity index (χ4n) is 0.987. The maximum Gasteiger partial charge on any atom is 0.0666 e. The lowest BCUT2D eigenvalue weighted by Gasteiger charge is -1.97. The number of nitrogens with zero attached hydrogens (tertiary/aromatic N) is 2. The first-order valence-electron chi connectivity index (χ1n) is 3.92. The first kappa shape index (κ1) is 7.18. The predicted molar refractivity (Wildman–Crippen MR) is 44.3 cm³/mol. The predicted octanol–water partition coefficient (Wildman–Crippen LogP) is 1.04. The van der Waals surface area contributed by atoms with Gasteiger partial charge < -0.3 is 5.32 Å². The molecule has 3 nitrogen and oxygen atoms in total. The number of rotatable bonds is 4. The Balaban J connectivity index is 1.66. The van der Waals surface area contributed by atoms with E-state index in [0.717, 1.165) is 19.0 Å². The van der Waals surface area contributed by atoms with Crippen molar-refractivity contribution in [2.24, 2.45) is 5.92 Å². The summed E-state index contributed by atoms with van der Waals surface area (Å²) >= 11 is 1.47. The van der Waals surface area contributed by atoms with Crippen LogP contribution in [0.5, 0.6) is 0 Å². The van der Waals surface area contributed by atoms with Crippen molar-refractivity contribution in [3.8, 4) is 0 Å². The van der Waals surface area contributed by atoms with Crippen molar-refractivity contribution in [3.05, 3.63) is 11.1 Å². The smallest absolute Gasteiger partial charge is 0.0666 e. The quantitative estimate of drug-likeness (QED) is 0.731. The largest absolute Gasteiger partial charge is 0.311 e. The second-order valence-electron chi connectivity index (χ2n) is 2.96. The summed E-state index contributed by atoms with van der Waals surface area (Å²) in [5, 5.41) is 7.14. The van der Waals surface area contributed by atoms with Gasteiger partial charge in [0.15, 0.2) is 0 Å². The minimum atomic E-state index is 0.939. The van der Waals surface area contributed by atoms with Crippen LogP contribution >= 0.6 is 11.5 Å². The normalized spacial score (nSPS) is 17.1. The van der Waals surface area contributed by atoms with Crippen LogP contribution in [0.25, 0.3) is 0 Å². The molecule has 0 aromatic carbocycles. The highest BCUT2D eigenvalue weighted by Gasteiger charge is 2.20. The molecular formula is C7H11N3S. The SMILES string of the molecule is c1nnsc1CNCC1CC1. The summed E-state index contributed by atoms with van der Waals surface area (Å²) in [6.45, 7) is 2.10. The van der Waals surface area contributed by atoms with Crippen molar-refractivity contribution < 1.29 is 0 Å². The maximum absolute atomic E-state index is 3.79. The number of aromatic nitrogens is 2. The number of nitrogens with one attached hydrogen (secondary N) is 1. The molecule has 0 radical (unpaired) electrons. The van der Waals surface area contributed by atoms with Crippen LogP contribution in [0.1, 0.15) is 17.7 Å². The van der Waals surface area contributed by atoms with Crippen molar-refractivity contribution >= 4 is 11.5 Å². The van der Waals surface area contributed by atoms with Crippen LogP contribution in [-0.4, -0.2) is 16.1 Å². The maximum atomic E-state index is 3.79. The van der Waals surface area contributed by atoms with E-state index >= 15 is 0 Å². The monoisotopic (exact) mass is 169 g/mol. The van der Waals surface area contributed by atoms with Crippen molar-refractivity contribution in [1.29, 1.82) is 0 Å². The summed E-state index contributed by atoms with van der Waals surface area (Å²) < 4.78 is 3.79. The highest BCUT2D eigenvalue weighted by Crippen LogP contribution is 2.27. The molecule has 1 fully saturated rings. The zero-order valence-electron chi connectivity index (χ0n) is 6.29. The van der Waals surface area contributed by atoms with E-state index in [0.29, 0.717) is 0 Å². The second kappa shape index (κ2) is 3.28. The Hall–Kier alpha value is -0.480. The van der Waals surface area contributed by atoms with Crippen molar-refractivity contribution in [2.45, 2.75) is 19.4 Å². The molecule has 1 aromatic rings. The van der Waals surface area contributed by atoms with Gasteiger partial charge in [-0.15, -0.1) is 5.10 Å². The van der Waals surface area contributed by atoms with Crippen LogP contribution in [0, 0.1) is 5.92 Å². The Morgan fingerprint density at radius 1 is 1.64 bits per heavy atom. The summed E-state index contributed by atoms with van der Waals surface area (Å²) in [5.74, 6) is 0.955. The molecule has 1 N–H and O–H groups in total. The minimum absolute atomic E-state index is 0.939. The molecule has 0 spiro atoms. The summed E-state index contributed by atoms with van der Waals surface area (Å²) in [4.78, 5) is 1.23. The van der Waals surface area contributed by atoms with Crippen LogP contribution in [0.2, 0.25) is 0 Å². The molecule has 1 aliphatic carbocycles. The van der Waals surface area contributed by atoms with Gasteiger partial charge in [-0.25, -0.2) is 0 Å². The minimum Gasteiger partial charge on any atom is -0.311 e. The molecule has 0 unspecified atom stereocenters. The fraction of sp³-hybridized carbons (Fsp3) is 0.714. The number of hydrogen-bond acceptors (Lipinski definition) is 4. The van der Waals surface area contributed by atoms with Gasteiger partial charge in [-0.3, -0.25) is 0 Å². The molecule has 0 atom stereocenters. The van der Waals surface area contributed by atoms with E-state index in [1.54, 1.807) is 0 Å². The Kier molecular flexibility index (Phi) is 2.14. The van der Waals surface area contributed by atoms with Crippen LogP contribution in [0.3, 0.4) is 0 Å². The lowest BCUT2D eigenvalue weighted by Crippen LogP contribution is -2.15. The Labute approximate surface area is 70.0 Å². The van der Waals surface area contributed by atoms with E-state index in [4.69, 9.17) is 0 Å². The molecule has 0 bridgehead atoms. The van der Waals surface area contributed by atoms with Crippen molar-refractivity contribution in [3.63, 3.8) is 0 Å². The standard InChI is InChI=1S/C7H11N3S/c1-2-6(1)3-8-4-7-5-9-10-11-7/h5-6,8H,1-4H2. The van der Waals surface area contributed by atoms with Gasteiger partial charge in [-0.05, 0) is 36.8 Å². The Morgan fingerprint density at radius 2 is 2.55 bits per heavy atom. The molecule has 1 heterocycles. The van der Waals surface area contributed by atoms with Gasteiger partial charge in [0.1, 0.15) is 0 Å². The zero-order valence-corrected chi connectivity index (χ0v) is 7.10. The third-order valence-corrected chi connectivity index (χ3v) is 2.50. The van der Waals surface area contributed by atoms with Gasteiger partial charge >= 0.3 is 0 Å². The average Bonchev–Trinajstić information content (AvgIpc) is 2.66. The van der Waals surface area contributed by atoms with Crippen LogP contribution < -0.4 is 5.32 Å². The molecule has 0 saturated heterocycles. The van der Waals surface area contributed by atoms with Crippen molar-refractivity contribution in [1.82, 2.24) is 14.9 Å². The summed E-state index contributed by atoms with van der Waals surface area (Å²) in [7, 11) is 0. The molecule has 11 heavy (non-hydrogen) atoms. The van der Waals surface area contributed by atoms with E-state index in [1.807, 2.05) is 6.20 Å². The third-order valence-electron chi connectivity index (χ3n) is 1.84. The second-order valence-corrected chi connectivity index (χ2v) is 3.83. The first-order chi connectivity index (χ1) is 5.45. The molecule has 4 heteroatoms. The Morgan fingerprint density at radius 3 is 3.18 bits per heavy atom. The molecule has 2 rings (SSSR count). The van der Waals surface area contributed by atoms with Crippen LogP contribution in [0.4, 0.5) is 0 Å². The van der Waals surface area contributed by atoms with Crippen LogP contribution in [0.15, 0.2) is 6.20 Å². The van der Waals surface area contributed by atoms with Gasteiger partial charge in [-0.1, -0.05) is 4.49 Å². The molecule has 60 valence electrons. The van der Waals surface area contributed by atoms with Gasteiger partial charge in [0, 0.05) is 6.54 Å². The van der Waals surface area contributed by atoms with E-state index in [9.17, 15) is 0 Å². The van der Waals surface area contributed by atoms with E-state index in [-0.39, 0.29) is 0 Å². The number of hydrogen-bond donors (Lipinski definition) is 1. The highest BCUT2D eigenvalue weighted by atomic mass is 32.1. The highest BCUT2D eigenvalue weighted by molar-refractivity contribution is 7.05. The molecule has 1 saturated carbocycles. The molecule has 0 amide bonds. The van der Waals surface area contributed by atoms with Gasteiger partial charge in [0.05, 0.1) is 11.1 Å². The first-order valence-corrected chi connectivity index (χ1v) is 4.69. The lowest BCUT2D eigenvalue weighted by atomic mass is 10.4. The van der Waals surface area contributed by atoms with Crippen LogP contribution in [-0.2, 0) is 6.54 Å². The molecule has 1 aromatic heterocycles. The zero-order chi connectivity index (χ0) is 7.52. The van der Waals surface area contributed by atoms with Gasteiger partial charge in [-0.2, -0.15) is 0 Å². The molecule has 0 aliphatic heterocycles. The summed E-state index contributed by atoms with van der Waals surface area (Å²) in [5.41, 5.74) is 0. The fourth-order valence-corrected chi connectivity index (χ4v) is 1.45. The Bertz CT molecular complexity index is 205. The average molecular weight is 169 g/mol. The third kappa shape index (κ3) is 2.24. The van der Waals surface area contributed by atoms with E-state index in [1.165, 1.54) is 29.3 Å². The van der Waals surface area contributed by atoms with Gasteiger partial charge in [0.2, 0.25) is 0 Å².